The Labute approximate surface area is 147 Å². The first kappa shape index (κ1) is 15.9. The Balaban J connectivity index is 2.15. The van der Waals surface area contributed by atoms with Gasteiger partial charge in [0.2, 0.25) is 0 Å². The van der Waals surface area contributed by atoms with E-state index >= 15 is 0 Å². The van der Waals surface area contributed by atoms with Crippen molar-refractivity contribution in [2.75, 3.05) is 6.61 Å². The van der Waals surface area contributed by atoms with Gasteiger partial charge in [0.05, 0.1) is 17.2 Å². The Morgan fingerprint density at radius 2 is 1.78 bits per heavy atom. The highest BCUT2D eigenvalue weighted by Crippen LogP contribution is 2.36. The molecule has 0 spiro atoms. The zero-order chi connectivity index (χ0) is 16.2. The Morgan fingerprint density at radius 1 is 1.09 bits per heavy atom. The first-order valence-corrected chi connectivity index (χ1v) is 8.75. The molecule has 0 aliphatic heterocycles. The first-order chi connectivity index (χ1) is 11.2. The molecule has 1 heterocycles. The summed E-state index contributed by atoms with van der Waals surface area (Å²) in [5, 5.41) is 0. The van der Waals surface area contributed by atoms with Gasteiger partial charge >= 0.3 is 5.97 Å². The second-order valence-electron chi connectivity index (χ2n) is 4.83. The van der Waals surface area contributed by atoms with Gasteiger partial charge in [-0.15, -0.1) is 0 Å². The molecule has 0 bridgehead atoms. The van der Waals surface area contributed by atoms with Gasteiger partial charge in [0.15, 0.2) is 0 Å². The van der Waals surface area contributed by atoms with Crippen molar-refractivity contribution in [2.24, 2.45) is 0 Å². The molecule has 2 aromatic carbocycles. The van der Waals surface area contributed by atoms with E-state index in [1.54, 1.807) is 6.92 Å². The van der Waals surface area contributed by atoms with Gasteiger partial charge < -0.3 is 4.74 Å². The van der Waals surface area contributed by atoms with Crippen LogP contribution in [0.3, 0.4) is 0 Å². The molecule has 0 aliphatic rings. The molecule has 0 saturated heterocycles. The van der Waals surface area contributed by atoms with E-state index in [2.05, 4.69) is 20.3 Å². The van der Waals surface area contributed by atoms with Crippen molar-refractivity contribution in [1.29, 1.82) is 0 Å². The van der Waals surface area contributed by atoms with Crippen molar-refractivity contribution in [3.63, 3.8) is 0 Å². The normalized spacial score (nSPS) is 10.5. The maximum atomic E-state index is 12.5. The van der Waals surface area contributed by atoms with Crippen LogP contribution in [0.15, 0.2) is 59.1 Å². The highest BCUT2D eigenvalue weighted by Gasteiger charge is 2.23. The SMILES string of the molecule is CCOC(=O)c1c(-c2ccccc2)nsc1-c1ccc(Br)cc1. The van der Waals surface area contributed by atoms with E-state index in [0.29, 0.717) is 17.9 Å². The summed E-state index contributed by atoms with van der Waals surface area (Å²) in [6.07, 6.45) is 0. The number of nitrogens with zero attached hydrogens (tertiary/aromatic N) is 1. The number of carbonyl (C=O) groups is 1. The summed E-state index contributed by atoms with van der Waals surface area (Å²) in [7, 11) is 0. The average molecular weight is 388 g/mol. The lowest BCUT2D eigenvalue weighted by Gasteiger charge is -2.06. The van der Waals surface area contributed by atoms with E-state index in [-0.39, 0.29) is 5.97 Å². The smallest absolute Gasteiger partial charge is 0.341 e. The summed E-state index contributed by atoms with van der Waals surface area (Å²) in [4.78, 5) is 13.3. The van der Waals surface area contributed by atoms with Gasteiger partial charge in [-0.3, -0.25) is 0 Å². The molecule has 23 heavy (non-hydrogen) atoms. The molecule has 3 aromatic rings. The molecule has 0 unspecified atom stereocenters. The quantitative estimate of drug-likeness (QED) is 0.561. The van der Waals surface area contributed by atoms with Crippen molar-refractivity contribution in [3.8, 4) is 21.7 Å². The fraction of sp³-hybridized carbons (Fsp3) is 0.111. The fourth-order valence-corrected chi connectivity index (χ4v) is 3.43. The van der Waals surface area contributed by atoms with E-state index in [1.165, 1.54) is 11.5 Å². The van der Waals surface area contributed by atoms with Gasteiger partial charge in [-0.05, 0) is 36.2 Å². The molecule has 0 atom stereocenters. The van der Waals surface area contributed by atoms with Gasteiger partial charge in [0.25, 0.3) is 0 Å². The topological polar surface area (TPSA) is 39.2 Å². The van der Waals surface area contributed by atoms with E-state index in [9.17, 15) is 4.79 Å². The van der Waals surface area contributed by atoms with E-state index in [0.717, 1.165) is 20.5 Å². The fourth-order valence-electron chi connectivity index (χ4n) is 2.27. The molecule has 116 valence electrons. The second-order valence-corrected chi connectivity index (χ2v) is 6.52. The molecule has 3 rings (SSSR count). The van der Waals surface area contributed by atoms with Crippen molar-refractivity contribution in [1.82, 2.24) is 4.37 Å². The number of halogens is 1. The zero-order valence-corrected chi connectivity index (χ0v) is 14.9. The third kappa shape index (κ3) is 3.35. The minimum atomic E-state index is -0.335. The minimum absolute atomic E-state index is 0.335. The lowest BCUT2D eigenvalue weighted by Crippen LogP contribution is -2.06. The highest BCUT2D eigenvalue weighted by atomic mass is 79.9. The number of hydrogen-bond donors (Lipinski definition) is 0. The predicted octanol–water partition coefficient (Wildman–Crippen LogP) is 5.42. The predicted molar refractivity (Wildman–Crippen MR) is 96.6 cm³/mol. The Hall–Kier alpha value is -1.98. The molecular formula is C18H14BrNO2S. The largest absolute Gasteiger partial charge is 0.462 e. The summed E-state index contributed by atoms with van der Waals surface area (Å²) in [6.45, 7) is 2.14. The second kappa shape index (κ2) is 7.06. The van der Waals surface area contributed by atoms with Crippen LogP contribution in [0.4, 0.5) is 0 Å². The number of ether oxygens (including phenoxy) is 1. The van der Waals surface area contributed by atoms with Crippen LogP contribution in [0.25, 0.3) is 21.7 Å². The minimum Gasteiger partial charge on any atom is -0.462 e. The summed E-state index contributed by atoms with van der Waals surface area (Å²) in [6, 6.07) is 17.5. The van der Waals surface area contributed by atoms with Crippen molar-refractivity contribution in [3.05, 3.63) is 64.6 Å². The van der Waals surface area contributed by atoms with Crippen molar-refractivity contribution < 1.29 is 9.53 Å². The van der Waals surface area contributed by atoms with Gasteiger partial charge in [0.1, 0.15) is 5.56 Å². The Bertz CT molecular complexity index is 813. The average Bonchev–Trinajstić information content (AvgIpc) is 3.01. The number of rotatable bonds is 4. The maximum absolute atomic E-state index is 12.5. The number of aromatic nitrogens is 1. The molecular weight excluding hydrogens is 374 g/mol. The third-order valence-electron chi connectivity index (χ3n) is 3.33. The summed E-state index contributed by atoms with van der Waals surface area (Å²) in [5.74, 6) is -0.335. The lowest BCUT2D eigenvalue weighted by atomic mass is 10.0. The van der Waals surface area contributed by atoms with Crippen molar-refractivity contribution in [2.45, 2.75) is 6.92 Å². The van der Waals surface area contributed by atoms with Crippen LogP contribution in [-0.4, -0.2) is 16.9 Å². The maximum Gasteiger partial charge on any atom is 0.341 e. The van der Waals surface area contributed by atoms with Gasteiger partial charge in [-0.1, -0.05) is 58.4 Å². The third-order valence-corrected chi connectivity index (χ3v) is 4.75. The van der Waals surface area contributed by atoms with Crippen LogP contribution >= 0.6 is 27.5 Å². The summed E-state index contributed by atoms with van der Waals surface area (Å²) >= 11 is 4.75. The van der Waals surface area contributed by atoms with Crippen LogP contribution in [-0.2, 0) is 4.74 Å². The monoisotopic (exact) mass is 387 g/mol. The lowest BCUT2D eigenvalue weighted by molar-refractivity contribution is 0.0528. The van der Waals surface area contributed by atoms with E-state index in [1.807, 2.05) is 54.6 Å². The highest BCUT2D eigenvalue weighted by molar-refractivity contribution is 9.10. The van der Waals surface area contributed by atoms with Gasteiger partial charge in [-0.2, -0.15) is 4.37 Å². The number of carbonyl (C=O) groups excluding carboxylic acids is 1. The van der Waals surface area contributed by atoms with E-state index in [4.69, 9.17) is 4.74 Å². The molecule has 1 aromatic heterocycles. The Morgan fingerprint density at radius 3 is 2.43 bits per heavy atom. The van der Waals surface area contributed by atoms with Crippen LogP contribution in [0.1, 0.15) is 17.3 Å². The molecule has 0 amide bonds. The molecule has 3 nitrogen and oxygen atoms in total. The number of benzene rings is 2. The van der Waals surface area contributed by atoms with Crippen LogP contribution < -0.4 is 0 Å². The molecule has 0 saturated carbocycles. The molecule has 0 aliphatic carbocycles. The van der Waals surface area contributed by atoms with E-state index < -0.39 is 0 Å². The molecule has 5 heteroatoms. The Kier molecular flexibility index (Phi) is 4.88. The molecule has 0 fully saturated rings. The summed E-state index contributed by atoms with van der Waals surface area (Å²) < 4.78 is 10.8. The van der Waals surface area contributed by atoms with Gasteiger partial charge in [-0.25, -0.2) is 4.79 Å². The number of hydrogen-bond acceptors (Lipinski definition) is 4. The standard InChI is InChI=1S/C18H14BrNO2S/c1-2-22-18(21)15-16(12-6-4-3-5-7-12)20-23-17(15)13-8-10-14(19)11-9-13/h3-11H,2H2,1H3. The van der Waals surface area contributed by atoms with Gasteiger partial charge in [0, 0.05) is 10.0 Å². The van der Waals surface area contributed by atoms with Crippen LogP contribution in [0, 0.1) is 0 Å². The van der Waals surface area contributed by atoms with Crippen LogP contribution in [0.5, 0.6) is 0 Å². The molecule has 0 N–H and O–H groups in total. The van der Waals surface area contributed by atoms with Crippen LogP contribution in [0.2, 0.25) is 0 Å². The molecule has 0 radical (unpaired) electrons. The summed E-state index contributed by atoms with van der Waals surface area (Å²) in [5.41, 5.74) is 3.07. The zero-order valence-electron chi connectivity index (χ0n) is 12.5. The van der Waals surface area contributed by atoms with Crippen molar-refractivity contribution >= 4 is 33.4 Å². The first-order valence-electron chi connectivity index (χ1n) is 7.19. The number of esters is 1.